The summed E-state index contributed by atoms with van der Waals surface area (Å²) in [5.41, 5.74) is 3.99. The lowest BCUT2D eigenvalue weighted by atomic mass is 9.65. The Balaban J connectivity index is 1.34. The van der Waals surface area contributed by atoms with Crippen LogP contribution in [0.2, 0.25) is 0 Å². The molecule has 2 aromatic rings. The molecule has 2 aromatic carbocycles. The zero-order valence-corrected chi connectivity index (χ0v) is 24.9. The van der Waals surface area contributed by atoms with Crippen molar-refractivity contribution in [2.45, 2.75) is 81.4 Å². The number of carbonyl (C=O) groups excluding carboxylic acids is 1. The van der Waals surface area contributed by atoms with Crippen LogP contribution in [0.15, 0.2) is 48.5 Å². The van der Waals surface area contributed by atoms with Crippen molar-refractivity contribution >= 4 is 46.4 Å². The molecule has 1 saturated carbocycles. The minimum absolute atomic E-state index is 0.00674. The van der Waals surface area contributed by atoms with Crippen LogP contribution in [0.3, 0.4) is 0 Å². The molecule has 212 valence electrons. The molecule has 5 rings (SSSR count). The maximum atomic E-state index is 12.0. The zero-order chi connectivity index (χ0) is 28.0. The summed E-state index contributed by atoms with van der Waals surface area (Å²) in [5, 5.41) is 12.1. The first-order chi connectivity index (χ1) is 18.3. The first kappa shape index (κ1) is 29.1. The van der Waals surface area contributed by atoms with Crippen LogP contribution in [-0.2, 0) is 20.9 Å². The molecule has 1 amide bonds. The Hall–Kier alpha value is -1.38. The van der Waals surface area contributed by atoms with Crippen LogP contribution in [0.25, 0.3) is 0 Å². The number of amides is 1. The van der Waals surface area contributed by atoms with Gasteiger partial charge in [-0.15, -0.1) is 0 Å². The van der Waals surface area contributed by atoms with Crippen LogP contribution in [0.1, 0.15) is 75.5 Å². The molecule has 9 heteroatoms. The number of ether oxygens (including phenoxy) is 2. The van der Waals surface area contributed by atoms with Crippen molar-refractivity contribution < 1.29 is 19.4 Å². The van der Waals surface area contributed by atoms with Crippen LogP contribution >= 0.6 is 34.8 Å². The number of hydrogen-bond donors (Lipinski definition) is 2. The summed E-state index contributed by atoms with van der Waals surface area (Å²) < 4.78 is 11.0. The van der Waals surface area contributed by atoms with E-state index in [9.17, 15) is 9.90 Å². The third-order valence-corrected chi connectivity index (χ3v) is 8.79. The molecule has 2 bridgehead atoms. The molecule has 6 nitrogen and oxygen atoms in total. The van der Waals surface area contributed by atoms with E-state index in [1.807, 2.05) is 36.4 Å². The normalized spacial score (nSPS) is 30.7. The van der Waals surface area contributed by atoms with Gasteiger partial charge in [0.25, 0.3) is 9.70 Å². The smallest absolute Gasteiger partial charge is 0.276 e. The molecule has 5 atom stereocenters. The van der Waals surface area contributed by atoms with Crippen molar-refractivity contribution in [2.75, 3.05) is 18.4 Å². The van der Waals surface area contributed by atoms with Crippen molar-refractivity contribution in [3.05, 3.63) is 65.2 Å². The van der Waals surface area contributed by atoms with Gasteiger partial charge in [-0.3, -0.25) is 9.69 Å². The number of halogens is 3. The van der Waals surface area contributed by atoms with Crippen LogP contribution in [0.4, 0.5) is 5.69 Å². The largest absolute Gasteiger partial charge is 0.392 e. The third-order valence-electron chi connectivity index (χ3n) is 8.27. The minimum Gasteiger partial charge on any atom is -0.392 e. The summed E-state index contributed by atoms with van der Waals surface area (Å²) in [5.74, 6) is -0.718. The van der Waals surface area contributed by atoms with E-state index in [1.54, 1.807) is 12.1 Å². The number of fused-ring (bicyclic) bond motifs is 2. The molecular formula is C30H37Cl3N2O4. The molecule has 2 heterocycles. The number of alkyl halides is 3. The molecule has 0 aromatic heterocycles. The van der Waals surface area contributed by atoms with Gasteiger partial charge in [0.1, 0.15) is 0 Å². The predicted octanol–water partition coefficient (Wildman–Crippen LogP) is 6.93. The average molecular weight is 596 g/mol. The average Bonchev–Trinajstić information content (AvgIpc) is 3.11. The Bertz CT molecular complexity index is 1170. The van der Waals surface area contributed by atoms with Crippen molar-refractivity contribution in [1.82, 2.24) is 4.90 Å². The van der Waals surface area contributed by atoms with E-state index in [2.05, 4.69) is 31.0 Å². The molecule has 3 aliphatic rings. The molecule has 0 spiro atoms. The van der Waals surface area contributed by atoms with E-state index in [0.29, 0.717) is 22.6 Å². The highest BCUT2D eigenvalue weighted by Gasteiger charge is 2.50. The number of likely N-dealkylation sites (tertiary alicyclic amines) is 1. The fourth-order valence-electron chi connectivity index (χ4n) is 7.01. The van der Waals surface area contributed by atoms with Gasteiger partial charge in [0, 0.05) is 36.8 Å². The summed E-state index contributed by atoms with van der Waals surface area (Å²) in [6, 6.07) is 15.7. The van der Waals surface area contributed by atoms with Crippen LogP contribution in [-0.4, -0.2) is 44.9 Å². The van der Waals surface area contributed by atoms with Gasteiger partial charge >= 0.3 is 0 Å². The first-order valence-corrected chi connectivity index (χ1v) is 14.7. The Morgan fingerprint density at radius 2 is 1.69 bits per heavy atom. The Kier molecular flexibility index (Phi) is 8.31. The molecule has 39 heavy (non-hydrogen) atoms. The van der Waals surface area contributed by atoms with Gasteiger partial charge in [-0.1, -0.05) is 92.0 Å². The van der Waals surface area contributed by atoms with E-state index in [-0.39, 0.29) is 18.8 Å². The molecular weight excluding hydrogens is 559 g/mol. The summed E-state index contributed by atoms with van der Waals surface area (Å²) in [6.07, 6.45) is 3.72. The second-order valence-electron chi connectivity index (χ2n) is 12.6. The van der Waals surface area contributed by atoms with E-state index < -0.39 is 16.0 Å². The van der Waals surface area contributed by atoms with Crippen molar-refractivity contribution in [3.8, 4) is 0 Å². The Labute approximate surface area is 245 Å². The predicted molar refractivity (Wildman–Crippen MR) is 155 cm³/mol. The summed E-state index contributed by atoms with van der Waals surface area (Å²) in [6.45, 7) is 9.19. The molecule has 2 aliphatic heterocycles. The summed E-state index contributed by atoms with van der Waals surface area (Å²) >= 11 is 17.1. The Morgan fingerprint density at radius 1 is 1.03 bits per heavy atom. The lowest BCUT2D eigenvalue weighted by Crippen LogP contribution is -2.42. The number of anilines is 1. The quantitative estimate of drug-likeness (QED) is 0.354. The monoisotopic (exact) mass is 594 g/mol. The Morgan fingerprint density at radius 3 is 2.33 bits per heavy atom. The second-order valence-corrected chi connectivity index (χ2v) is 14.8. The molecule has 1 aliphatic carbocycles. The van der Waals surface area contributed by atoms with Crippen LogP contribution in [0, 0.1) is 10.8 Å². The highest BCUT2D eigenvalue weighted by atomic mass is 35.6. The fourth-order valence-corrected chi connectivity index (χ4v) is 7.15. The highest BCUT2D eigenvalue weighted by molar-refractivity contribution is 6.76. The van der Waals surface area contributed by atoms with Gasteiger partial charge < -0.3 is 19.9 Å². The van der Waals surface area contributed by atoms with Crippen molar-refractivity contribution in [3.63, 3.8) is 0 Å². The van der Waals surface area contributed by atoms with Crippen molar-refractivity contribution in [1.29, 1.82) is 0 Å². The maximum absolute atomic E-state index is 12.0. The van der Waals surface area contributed by atoms with Crippen LogP contribution < -0.4 is 5.32 Å². The lowest BCUT2D eigenvalue weighted by Gasteiger charge is -2.41. The lowest BCUT2D eigenvalue weighted by molar-refractivity contribution is -0.253. The van der Waals surface area contributed by atoms with E-state index in [0.717, 1.165) is 36.2 Å². The summed E-state index contributed by atoms with van der Waals surface area (Å²) in [4.78, 5) is 14.7. The molecule has 3 fully saturated rings. The third kappa shape index (κ3) is 6.92. The van der Waals surface area contributed by atoms with Gasteiger partial charge in [0.05, 0.1) is 18.8 Å². The van der Waals surface area contributed by atoms with E-state index >= 15 is 0 Å². The highest BCUT2D eigenvalue weighted by Crippen LogP contribution is 2.53. The number of nitrogens with zero attached hydrogens (tertiary/aromatic N) is 1. The second kappa shape index (κ2) is 11.1. The van der Waals surface area contributed by atoms with Gasteiger partial charge in [0.2, 0.25) is 0 Å². The number of hydrogen-bond acceptors (Lipinski definition) is 5. The number of rotatable bonds is 6. The van der Waals surface area contributed by atoms with E-state index in [4.69, 9.17) is 44.3 Å². The fraction of sp³-hybridized carbons (Fsp3) is 0.567. The topological polar surface area (TPSA) is 71.0 Å². The number of aliphatic hydroxyl groups is 1. The molecule has 2 unspecified atom stereocenters. The van der Waals surface area contributed by atoms with Gasteiger partial charge in [-0.2, -0.15) is 0 Å². The SMILES string of the molecule is CC1(C)CC2CC(C)(CN2C[C@@H]2C[C@H](c3ccc(CO)cc3)O[C@H](c3ccc(NC(=O)C(Cl)(Cl)Cl)cc3)O2)C1. The molecule has 2 saturated heterocycles. The van der Waals surface area contributed by atoms with Gasteiger partial charge in [0.15, 0.2) is 6.29 Å². The number of aliphatic hydroxyl groups excluding tert-OH is 1. The number of carbonyl (C=O) groups is 1. The van der Waals surface area contributed by atoms with Crippen molar-refractivity contribution in [2.24, 2.45) is 10.8 Å². The minimum atomic E-state index is -2.04. The number of benzene rings is 2. The standard InChI is InChI=1S/C30H37Cl3N2O4/c1-28(2)13-23-14-29(3,17-28)18-35(23)15-24-12-25(20-6-4-19(16-36)5-7-20)39-26(38-24)21-8-10-22(11-9-21)34-27(37)30(31,32)33/h4-11,23-26,36H,12-18H2,1-3H3,(H,34,37)/t23?,24-,25+,26+,29?/m0/s1. The first-order valence-electron chi connectivity index (χ1n) is 13.6. The number of nitrogens with one attached hydrogen (secondary N) is 1. The zero-order valence-electron chi connectivity index (χ0n) is 22.6. The molecule has 2 N–H and O–H groups in total. The maximum Gasteiger partial charge on any atom is 0.276 e. The van der Waals surface area contributed by atoms with Crippen LogP contribution in [0.5, 0.6) is 0 Å². The summed E-state index contributed by atoms with van der Waals surface area (Å²) in [7, 11) is 0. The van der Waals surface area contributed by atoms with Gasteiger partial charge in [-0.25, -0.2) is 0 Å². The van der Waals surface area contributed by atoms with Gasteiger partial charge in [-0.05, 0) is 53.4 Å². The molecule has 0 radical (unpaired) electrons. The van der Waals surface area contributed by atoms with E-state index in [1.165, 1.54) is 19.3 Å².